The number of amides is 2. The first-order valence-corrected chi connectivity index (χ1v) is 10.3. The highest BCUT2D eigenvalue weighted by atomic mass is 16.2. The molecule has 0 bridgehead atoms. The monoisotopic (exact) mass is 340 g/mol. The summed E-state index contributed by atoms with van der Waals surface area (Å²) in [6.45, 7) is 5.51. The van der Waals surface area contributed by atoms with Crippen molar-refractivity contribution in [2.45, 2.75) is 104 Å². The fourth-order valence-corrected chi connectivity index (χ4v) is 2.71. The second-order valence-electron chi connectivity index (χ2n) is 6.75. The minimum atomic E-state index is -0.498. The van der Waals surface area contributed by atoms with Gasteiger partial charge in [0, 0.05) is 13.1 Å². The van der Waals surface area contributed by atoms with Gasteiger partial charge < -0.3 is 10.6 Å². The van der Waals surface area contributed by atoms with E-state index in [4.69, 9.17) is 0 Å². The standard InChI is InChI=1S/C20H40N2O2/c1-3-5-7-8-9-10-11-12-13-14-15-16-18-22-20(24)19(23)21-17-6-4-2/h3-18H2,1-2H3,(H,21,23)(H,22,24). The molecule has 0 aliphatic rings. The van der Waals surface area contributed by atoms with Crippen molar-refractivity contribution < 1.29 is 9.59 Å². The Balaban J connectivity index is 3.24. The van der Waals surface area contributed by atoms with E-state index in [1.165, 1.54) is 64.2 Å². The summed E-state index contributed by atoms with van der Waals surface area (Å²) < 4.78 is 0. The molecule has 24 heavy (non-hydrogen) atoms. The number of hydrogen-bond donors (Lipinski definition) is 2. The summed E-state index contributed by atoms with van der Waals surface area (Å²) >= 11 is 0. The van der Waals surface area contributed by atoms with Crippen LogP contribution in [0.3, 0.4) is 0 Å². The van der Waals surface area contributed by atoms with Crippen LogP contribution in [0.5, 0.6) is 0 Å². The van der Waals surface area contributed by atoms with Crippen molar-refractivity contribution in [2.24, 2.45) is 0 Å². The van der Waals surface area contributed by atoms with Gasteiger partial charge in [0.05, 0.1) is 0 Å². The smallest absolute Gasteiger partial charge is 0.309 e. The molecular weight excluding hydrogens is 300 g/mol. The molecule has 0 aromatic carbocycles. The Hall–Kier alpha value is -1.06. The van der Waals surface area contributed by atoms with Crippen LogP contribution >= 0.6 is 0 Å². The van der Waals surface area contributed by atoms with Crippen LogP contribution < -0.4 is 10.6 Å². The van der Waals surface area contributed by atoms with E-state index >= 15 is 0 Å². The highest BCUT2D eigenvalue weighted by molar-refractivity contribution is 6.35. The zero-order chi connectivity index (χ0) is 17.9. The first-order chi connectivity index (χ1) is 11.7. The van der Waals surface area contributed by atoms with E-state index in [0.717, 1.165) is 25.7 Å². The molecule has 142 valence electrons. The fourth-order valence-electron chi connectivity index (χ4n) is 2.71. The highest BCUT2D eigenvalue weighted by Gasteiger charge is 2.10. The molecule has 0 aromatic rings. The number of nitrogens with one attached hydrogen (secondary N) is 2. The third-order valence-electron chi connectivity index (χ3n) is 4.34. The topological polar surface area (TPSA) is 58.2 Å². The summed E-state index contributed by atoms with van der Waals surface area (Å²) in [5.74, 6) is -0.989. The van der Waals surface area contributed by atoms with Crippen molar-refractivity contribution in [1.29, 1.82) is 0 Å². The summed E-state index contributed by atoms with van der Waals surface area (Å²) in [4.78, 5) is 23.0. The average molecular weight is 341 g/mol. The lowest BCUT2D eigenvalue weighted by atomic mass is 10.1. The van der Waals surface area contributed by atoms with Crippen molar-refractivity contribution >= 4 is 11.8 Å². The third kappa shape index (κ3) is 15.8. The van der Waals surface area contributed by atoms with Gasteiger partial charge in [-0.1, -0.05) is 90.9 Å². The van der Waals surface area contributed by atoms with Crippen molar-refractivity contribution in [3.63, 3.8) is 0 Å². The lowest BCUT2D eigenvalue weighted by Gasteiger charge is -2.06. The van der Waals surface area contributed by atoms with E-state index in [1.807, 2.05) is 0 Å². The quantitative estimate of drug-likeness (QED) is 0.315. The zero-order valence-electron chi connectivity index (χ0n) is 16.1. The van der Waals surface area contributed by atoms with Crippen molar-refractivity contribution in [3.8, 4) is 0 Å². The first-order valence-electron chi connectivity index (χ1n) is 10.3. The van der Waals surface area contributed by atoms with E-state index in [1.54, 1.807) is 0 Å². The predicted octanol–water partition coefficient (Wildman–Crippen LogP) is 4.72. The Labute approximate surface area is 149 Å². The molecule has 2 amide bonds. The van der Waals surface area contributed by atoms with Crippen molar-refractivity contribution in [3.05, 3.63) is 0 Å². The highest BCUT2D eigenvalue weighted by Crippen LogP contribution is 2.11. The predicted molar refractivity (Wildman–Crippen MR) is 102 cm³/mol. The summed E-state index contributed by atoms with van der Waals surface area (Å²) in [5.41, 5.74) is 0. The summed E-state index contributed by atoms with van der Waals surface area (Å²) in [6.07, 6.45) is 17.5. The maximum atomic E-state index is 11.5. The minimum Gasteiger partial charge on any atom is -0.348 e. The minimum absolute atomic E-state index is 0.492. The molecule has 0 atom stereocenters. The number of unbranched alkanes of at least 4 members (excludes halogenated alkanes) is 12. The molecule has 2 N–H and O–H groups in total. The largest absolute Gasteiger partial charge is 0.348 e. The third-order valence-corrected chi connectivity index (χ3v) is 4.34. The molecule has 0 rings (SSSR count). The molecule has 4 heteroatoms. The van der Waals surface area contributed by atoms with Crippen LogP contribution in [0, 0.1) is 0 Å². The van der Waals surface area contributed by atoms with Gasteiger partial charge in [-0.25, -0.2) is 0 Å². The number of hydrogen-bond acceptors (Lipinski definition) is 2. The molecule has 0 unspecified atom stereocenters. The van der Waals surface area contributed by atoms with Gasteiger partial charge in [0.2, 0.25) is 0 Å². The number of carbonyl (C=O) groups is 2. The van der Waals surface area contributed by atoms with E-state index in [2.05, 4.69) is 24.5 Å². The van der Waals surface area contributed by atoms with Gasteiger partial charge in [0.1, 0.15) is 0 Å². The molecule has 0 fully saturated rings. The first kappa shape index (κ1) is 22.9. The normalized spacial score (nSPS) is 10.6. The molecule has 0 radical (unpaired) electrons. The van der Waals surface area contributed by atoms with E-state index in [0.29, 0.717) is 13.1 Å². The lowest BCUT2D eigenvalue weighted by molar-refractivity contribution is -0.139. The zero-order valence-corrected chi connectivity index (χ0v) is 16.1. The van der Waals surface area contributed by atoms with Gasteiger partial charge in [-0.05, 0) is 12.8 Å². The van der Waals surface area contributed by atoms with Gasteiger partial charge in [0.15, 0.2) is 0 Å². The molecule has 0 heterocycles. The van der Waals surface area contributed by atoms with Crippen molar-refractivity contribution in [2.75, 3.05) is 13.1 Å². The second-order valence-corrected chi connectivity index (χ2v) is 6.75. The van der Waals surface area contributed by atoms with Gasteiger partial charge >= 0.3 is 11.8 Å². The number of carbonyl (C=O) groups excluding carboxylic acids is 2. The van der Waals surface area contributed by atoms with Crippen LogP contribution in [0.15, 0.2) is 0 Å². The summed E-state index contributed by atoms with van der Waals surface area (Å²) in [6, 6.07) is 0. The van der Waals surface area contributed by atoms with Gasteiger partial charge in [-0.2, -0.15) is 0 Å². The van der Waals surface area contributed by atoms with E-state index in [9.17, 15) is 9.59 Å². The van der Waals surface area contributed by atoms with Gasteiger partial charge in [-0.3, -0.25) is 9.59 Å². The van der Waals surface area contributed by atoms with E-state index < -0.39 is 11.8 Å². The molecule has 0 saturated carbocycles. The molecule has 0 aliphatic heterocycles. The molecule has 4 nitrogen and oxygen atoms in total. The maximum absolute atomic E-state index is 11.5. The summed E-state index contributed by atoms with van der Waals surface area (Å²) in [5, 5.41) is 5.32. The SMILES string of the molecule is CCCCCCCCCCCCCCNC(=O)C(=O)NCCCC. The van der Waals surface area contributed by atoms with Gasteiger partial charge in [0.25, 0.3) is 0 Å². The molecule has 0 spiro atoms. The fraction of sp³-hybridized carbons (Fsp3) is 0.900. The average Bonchev–Trinajstić information content (AvgIpc) is 2.58. The molecule has 0 aromatic heterocycles. The Bertz CT molecular complexity index is 306. The van der Waals surface area contributed by atoms with Gasteiger partial charge in [-0.15, -0.1) is 0 Å². The van der Waals surface area contributed by atoms with Crippen LogP contribution in [-0.4, -0.2) is 24.9 Å². The molecule has 0 aliphatic carbocycles. The van der Waals surface area contributed by atoms with Crippen LogP contribution in [0.25, 0.3) is 0 Å². The summed E-state index contributed by atoms with van der Waals surface area (Å²) in [7, 11) is 0. The molecular formula is C20H40N2O2. The Morgan fingerprint density at radius 3 is 1.25 bits per heavy atom. The van der Waals surface area contributed by atoms with Crippen LogP contribution in [0.1, 0.15) is 104 Å². The Morgan fingerprint density at radius 2 is 0.833 bits per heavy atom. The lowest BCUT2D eigenvalue weighted by Crippen LogP contribution is -2.40. The maximum Gasteiger partial charge on any atom is 0.309 e. The van der Waals surface area contributed by atoms with Crippen LogP contribution in [0.4, 0.5) is 0 Å². The van der Waals surface area contributed by atoms with Crippen LogP contribution in [0.2, 0.25) is 0 Å². The van der Waals surface area contributed by atoms with Crippen molar-refractivity contribution in [1.82, 2.24) is 10.6 Å². The van der Waals surface area contributed by atoms with E-state index in [-0.39, 0.29) is 0 Å². The second kappa shape index (κ2) is 18.3. The number of rotatable bonds is 16. The van der Waals surface area contributed by atoms with Crippen LogP contribution in [-0.2, 0) is 9.59 Å². The Morgan fingerprint density at radius 1 is 0.500 bits per heavy atom. The molecule has 0 saturated heterocycles. The Kier molecular flexibility index (Phi) is 17.5.